The Morgan fingerprint density at radius 2 is 2.08 bits per heavy atom. The fraction of sp³-hybridized carbons (Fsp3) is 0.667. The molecule has 76 valence electrons. The first-order valence-electron chi connectivity index (χ1n) is 3.26. The van der Waals surface area contributed by atoms with E-state index in [0.717, 1.165) is 7.11 Å². The number of aliphatic carboxylic acids is 1. The lowest BCUT2D eigenvalue weighted by molar-refractivity contribution is -0.171. The van der Waals surface area contributed by atoms with E-state index in [1.807, 2.05) is 0 Å². The highest BCUT2D eigenvalue weighted by Gasteiger charge is 2.43. The summed E-state index contributed by atoms with van der Waals surface area (Å²) in [6.07, 6.45) is -1.27. The van der Waals surface area contributed by atoms with Crippen LogP contribution in [0.5, 0.6) is 0 Å². The van der Waals surface area contributed by atoms with Crippen molar-refractivity contribution in [1.29, 1.82) is 0 Å². The zero-order valence-corrected chi connectivity index (χ0v) is 6.79. The van der Waals surface area contributed by atoms with Crippen molar-refractivity contribution in [2.45, 2.75) is 18.4 Å². The second-order valence-electron chi connectivity index (χ2n) is 2.34. The molecule has 7 heteroatoms. The number of ether oxygens (including phenoxy) is 1. The summed E-state index contributed by atoms with van der Waals surface area (Å²) in [6, 6.07) is -1.78. The number of carboxylic acid groups (broad SMARTS) is 1. The number of carbonyl (C=O) groups excluding carboxylic acids is 1. The van der Waals surface area contributed by atoms with Crippen molar-refractivity contribution in [3.63, 3.8) is 0 Å². The molecule has 0 radical (unpaired) electrons. The molecule has 0 saturated heterocycles. The number of methoxy groups -OCH3 is 1. The number of carboxylic acids is 1. The van der Waals surface area contributed by atoms with Crippen LogP contribution in [0.3, 0.4) is 0 Å². The Labute approximate surface area is 72.5 Å². The third kappa shape index (κ3) is 3.32. The first kappa shape index (κ1) is 11.8. The summed E-state index contributed by atoms with van der Waals surface area (Å²) in [5.41, 5.74) is 4.81. The summed E-state index contributed by atoms with van der Waals surface area (Å²) in [7, 11) is 0.780. The van der Waals surface area contributed by atoms with Gasteiger partial charge < -0.3 is 15.6 Å². The summed E-state index contributed by atoms with van der Waals surface area (Å²) in [4.78, 5) is 20.4. The molecule has 0 saturated carbocycles. The molecule has 0 aromatic carbocycles. The lowest BCUT2D eigenvalue weighted by Crippen LogP contribution is -2.41. The van der Waals surface area contributed by atoms with E-state index in [1.54, 1.807) is 0 Å². The lowest BCUT2D eigenvalue weighted by Gasteiger charge is -2.15. The zero-order valence-electron chi connectivity index (χ0n) is 6.79. The van der Waals surface area contributed by atoms with Crippen molar-refractivity contribution < 1.29 is 28.2 Å². The first-order chi connectivity index (χ1) is 5.81. The van der Waals surface area contributed by atoms with Crippen LogP contribution in [0.2, 0.25) is 0 Å². The van der Waals surface area contributed by atoms with Gasteiger partial charge in [-0.15, -0.1) is 0 Å². The average molecular weight is 197 g/mol. The lowest BCUT2D eigenvalue weighted by atomic mass is 10.1. The summed E-state index contributed by atoms with van der Waals surface area (Å²) in [5.74, 6) is -7.24. The van der Waals surface area contributed by atoms with Crippen molar-refractivity contribution >= 4 is 11.9 Å². The van der Waals surface area contributed by atoms with Gasteiger partial charge in [0.1, 0.15) is 6.04 Å². The number of esters is 1. The molecular weight excluding hydrogens is 188 g/mol. The first-order valence-corrected chi connectivity index (χ1v) is 3.26. The van der Waals surface area contributed by atoms with Crippen LogP contribution in [0.4, 0.5) is 8.78 Å². The molecule has 0 rings (SSSR count). The third-order valence-corrected chi connectivity index (χ3v) is 1.28. The molecule has 0 bridgehead atoms. The van der Waals surface area contributed by atoms with Crippen LogP contribution in [0.25, 0.3) is 0 Å². The molecule has 1 unspecified atom stereocenters. The third-order valence-electron chi connectivity index (χ3n) is 1.28. The van der Waals surface area contributed by atoms with Crippen LogP contribution < -0.4 is 5.73 Å². The molecule has 0 heterocycles. The van der Waals surface area contributed by atoms with E-state index in [4.69, 9.17) is 10.8 Å². The SMILES string of the molecule is COC(=O)C(F)(F)CC(N)C(=O)O. The number of rotatable bonds is 4. The van der Waals surface area contributed by atoms with Gasteiger partial charge in [0, 0.05) is 6.42 Å². The molecule has 0 amide bonds. The molecule has 5 nitrogen and oxygen atoms in total. The van der Waals surface area contributed by atoms with Crippen molar-refractivity contribution in [3.8, 4) is 0 Å². The molecule has 0 aromatic rings. The Morgan fingerprint density at radius 3 is 2.38 bits per heavy atom. The fourth-order valence-electron chi connectivity index (χ4n) is 0.596. The van der Waals surface area contributed by atoms with Crippen molar-refractivity contribution in [3.05, 3.63) is 0 Å². The van der Waals surface area contributed by atoms with Crippen LogP contribution in [0, 0.1) is 0 Å². The maximum atomic E-state index is 12.6. The molecule has 13 heavy (non-hydrogen) atoms. The van der Waals surface area contributed by atoms with Gasteiger partial charge in [-0.2, -0.15) is 8.78 Å². The number of nitrogens with two attached hydrogens (primary N) is 1. The van der Waals surface area contributed by atoms with E-state index in [-0.39, 0.29) is 0 Å². The Kier molecular flexibility index (Phi) is 3.73. The largest absolute Gasteiger partial charge is 0.480 e. The summed E-state index contributed by atoms with van der Waals surface area (Å²) < 4.78 is 29.0. The summed E-state index contributed by atoms with van der Waals surface area (Å²) in [6.45, 7) is 0. The topological polar surface area (TPSA) is 89.6 Å². The molecule has 3 N–H and O–H groups in total. The van der Waals surface area contributed by atoms with E-state index >= 15 is 0 Å². The van der Waals surface area contributed by atoms with Crippen LogP contribution in [-0.2, 0) is 14.3 Å². The highest BCUT2D eigenvalue weighted by Crippen LogP contribution is 2.21. The molecule has 0 fully saturated rings. The summed E-state index contributed by atoms with van der Waals surface area (Å²) >= 11 is 0. The van der Waals surface area contributed by atoms with E-state index in [1.165, 1.54) is 0 Å². The summed E-state index contributed by atoms with van der Waals surface area (Å²) in [5, 5.41) is 8.19. The highest BCUT2D eigenvalue weighted by molar-refractivity contribution is 5.80. The predicted molar refractivity (Wildman–Crippen MR) is 37.2 cm³/mol. The quantitative estimate of drug-likeness (QED) is 0.598. The smallest absolute Gasteiger partial charge is 0.376 e. The minimum atomic E-state index is -3.85. The zero-order chi connectivity index (χ0) is 10.6. The Hall–Kier alpha value is -1.24. The molecule has 0 aliphatic rings. The maximum Gasteiger partial charge on any atom is 0.376 e. The van der Waals surface area contributed by atoms with Crippen LogP contribution in [-0.4, -0.2) is 36.1 Å². The van der Waals surface area contributed by atoms with Gasteiger partial charge in [-0.3, -0.25) is 4.79 Å². The van der Waals surface area contributed by atoms with Crippen LogP contribution >= 0.6 is 0 Å². The number of hydrogen-bond donors (Lipinski definition) is 2. The van der Waals surface area contributed by atoms with E-state index in [9.17, 15) is 18.4 Å². The van der Waals surface area contributed by atoms with Gasteiger partial charge in [0.2, 0.25) is 0 Å². The van der Waals surface area contributed by atoms with Gasteiger partial charge in [0.25, 0.3) is 0 Å². The molecular formula is C6H9F2NO4. The molecule has 0 aliphatic heterocycles. The number of alkyl halides is 2. The van der Waals surface area contributed by atoms with Gasteiger partial charge in [-0.25, -0.2) is 4.79 Å². The fourth-order valence-corrected chi connectivity index (χ4v) is 0.596. The minimum absolute atomic E-state index is 0.780. The molecule has 0 aromatic heterocycles. The average Bonchev–Trinajstić information content (AvgIpc) is 2.01. The predicted octanol–water partition coefficient (Wildman–Crippen LogP) is -0.403. The van der Waals surface area contributed by atoms with Gasteiger partial charge >= 0.3 is 17.9 Å². The number of carbonyl (C=O) groups is 2. The number of halogens is 2. The second kappa shape index (κ2) is 4.13. The standard InChI is InChI=1S/C6H9F2NO4/c1-13-5(12)6(7,8)2-3(9)4(10)11/h3H,2,9H2,1H3,(H,10,11). The minimum Gasteiger partial charge on any atom is -0.480 e. The maximum absolute atomic E-state index is 12.6. The van der Waals surface area contributed by atoms with Crippen LogP contribution in [0.1, 0.15) is 6.42 Å². The van der Waals surface area contributed by atoms with Gasteiger partial charge in [0.05, 0.1) is 7.11 Å². The Bertz CT molecular complexity index is 219. The van der Waals surface area contributed by atoms with Crippen molar-refractivity contribution in [2.75, 3.05) is 7.11 Å². The van der Waals surface area contributed by atoms with Crippen LogP contribution in [0.15, 0.2) is 0 Å². The highest BCUT2D eigenvalue weighted by atomic mass is 19.3. The second-order valence-corrected chi connectivity index (χ2v) is 2.34. The van der Waals surface area contributed by atoms with Crippen molar-refractivity contribution in [1.82, 2.24) is 0 Å². The van der Waals surface area contributed by atoms with Gasteiger partial charge in [-0.05, 0) is 0 Å². The molecule has 0 spiro atoms. The Morgan fingerprint density at radius 1 is 1.62 bits per heavy atom. The van der Waals surface area contributed by atoms with E-state index in [2.05, 4.69) is 4.74 Å². The monoisotopic (exact) mass is 197 g/mol. The van der Waals surface area contributed by atoms with Crippen molar-refractivity contribution in [2.24, 2.45) is 5.73 Å². The number of hydrogen-bond acceptors (Lipinski definition) is 4. The van der Waals surface area contributed by atoms with Gasteiger partial charge in [0.15, 0.2) is 0 Å². The van der Waals surface area contributed by atoms with Gasteiger partial charge in [-0.1, -0.05) is 0 Å². The normalized spacial score (nSPS) is 13.5. The molecule has 0 aliphatic carbocycles. The van der Waals surface area contributed by atoms with E-state index in [0.29, 0.717) is 0 Å². The Balaban J connectivity index is 4.32. The van der Waals surface area contributed by atoms with E-state index < -0.39 is 30.3 Å². The molecule has 1 atom stereocenters.